The van der Waals surface area contributed by atoms with Crippen LogP contribution in [0.3, 0.4) is 0 Å². The number of aromatic nitrogens is 1. The highest BCUT2D eigenvalue weighted by molar-refractivity contribution is 5.97. The molecule has 2 saturated heterocycles. The number of hydrogen-bond donors (Lipinski definition) is 1. The molecular formula is C22H27N3O4. The van der Waals surface area contributed by atoms with E-state index in [0.29, 0.717) is 31.1 Å². The average molecular weight is 397 g/mol. The minimum atomic E-state index is -0.783. The zero-order valence-corrected chi connectivity index (χ0v) is 16.5. The Hall–Kier alpha value is -2.51. The number of morpholine rings is 1. The van der Waals surface area contributed by atoms with Crippen molar-refractivity contribution in [3.63, 3.8) is 0 Å². The van der Waals surface area contributed by atoms with E-state index in [2.05, 4.69) is 9.88 Å². The molecule has 1 aromatic heterocycles. The summed E-state index contributed by atoms with van der Waals surface area (Å²) in [5.41, 5.74) is 1.45. The van der Waals surface area contributed by atoms with Gasteiger partial charge in [-0.25, -0.2) is 0 Å². The number of nitrogens with zero attached hydrogens (tertiary/aromatic N) is 3. The summed E-state index contributed by atoms with van der Waals surface area (Å²) in [6.45, 7) is 4.46. The van der Waals surface area contributed by atoms with Crippen LogP contribution in [0, 0.1) is 5.92 Å². The van der Waals surface area contributed by atoms with Gasteiger partial charge in [-0.3, -0.25) is 19.5 Å². The molecule has 1 amide bonds. The Morgan fingerprint density at radius 1 is 1.17 bits per heavy atom. The SMILES string of the molecule is O=C(O)CC[C@@H]1CN(C(=O)c2ccc3cccnc3c2)CC[C@@H]1N1CCOCC1. The maximum atomic E-state index is 13.2. The van der Waals surface area contributed by atoms with Crippen LogP contribution in [-0.4, -0.2) is 77.2 Å². The largest absolute Gasteiger partial charge is 0.481 e. The van der Waals surface area contributed by atoms with Gasteiger partial charge in [0.25, 0.3) is 5.91 Å². The van der Waals surface area contributed by atoms with Crippen molar-refractivity contribution in [2.45, 2.75) is 25.3 Å². The average Bonchev–Trinajstić information content (AvgIpc) is 2.77. The molecule has 2 fully saturated rings. The number of likely N-dealkylation sites (tertiary alicyclic amines) is 1. The molecule has 0 unspecified atom stereocenters. The highest BCUT2D eigenvalue weighted by Crippen LogP contribution is 2.28. The molecule has 7 nitrogen and oxygen atoms in total. The lowest BCUT2D eigenvalue weighted by Gasteiger charge is -2.45. The standard InChI is InChI=1S/C22H27N3O4/c26-21(27)6-5-18-15-25(9-7-20(18)24-10-12-29-13-11-24)22(28)17-4-3-16-2-1-8-23-19(16)14-17/h1-4,8,14,18,20H,5-7,9-13,15H2,(H,26,27)/t18-,20+/m1/s1. The van der Waals surface area contributed by atoms with Crippen LogP contribution < -0.4 is 0 Å². The topological polar surface area (TPSA) is 83.0 Å². The van der Waals surface area contributed by atoms with Gasteiger partial charge >= 0.3 is 5.97 Å². The van der Waals surface area contributed by atoms with Crippen molar-refractivity contribution in [2.75, 3.05) is 39.4 Å². The van der Waals surface area contributed by atoms with Crippen LogP contribution in [0.5, 0.6) is 0 Å². The van der Waals surface area contributed by atoms with E-state index in [1.807, 2.05) is 35.2 Å². The van der Waals surface area contributed by atoms with E-state index >= 15 is 0 Å². The number of fused-ring (bicyclic) bond motifs is 1. The number of carboxylic acids is 1. The minimum absolute atomic E-state index is 0.00157. The zero-order chi connectivity index (χ0) is 20.2. The van der Waals surface area contributed by atoms with E-state index < -0.39 is 5.97 Å². The molecular weight excluding hydrogens is 370 g/mol. The van der Waals surface area contributed by atoms with Gasteiger partial charge in [-0.1, -0.05) is 12.1 Å². The fourth-order valence-corrected chi connectivity index (χ4v) is 4.57. The number of rotatable bonds is 5. The first-order chi connectivity index (χ1) is 14.1. The second kappa shape index (κ2) is 8.88. The summed E-state index contributed by atoms with van der Waals surface area (Å²) in [5, 5.41) is 10.2. The Balaban J connectivity index is 1.50. The molecule has 0 aliphatic carbocycles. The van der Waals surface area contributed by atoms with Crippen molar-refractivity contribution in [3.8, 4) is 0 Å². The maximum absolute atomic E-state index is 13.2. The Bertz CT molecular complexity index is 881. The molecule has 0 saturated carbocycles. The van der Waals surface area contributed by atoms with Crippen molar-refractivity contribution in [2.24, 2.45) is 5.92 Å². The van der Waals surface area contributed by atoms with Gasteiger partial charge in [0.2, 0.25) is 0 Å². The Labute approximate surface area is 170 Å². The molecule has 3 heterocycles. The van der Waals surface area contributed by atoms with Crippen LogP contribution in [0.4, 0.5) is 0 Å². The van der Waals surface area contributed by atoms with Crippen molar-refractivity contribution in [1.82, 2.24) is 14.8 Å². The summed E-state index contributed by atoms with van der Waals surface area (Å²) in [7, 11) is 0. The van der Waals surface area contributed by atoms with Gasteiger partial charge in [0.05, 0.1) is 18.7 Å². The lowest BCUT2D eigenvalue weighted by molar-refractivity contribution is -0.137. The van der Waals surface area contributed by atoms with Gasteiger partial charge in [-0.2, -0.15) is 0 Å². The number of benzene rings is 1. The number of piperidine rings is 1. The molecule has 7 heteroatoms. The van der Waals surface area contributed by atoms with Crippen molar-refractivity contribution < 1.29 is 19.4 Å². The highest BCUT2D eigenvalue weighted by atomic mass is 16.5. The number of hydrogen-bond acceptors (Lipinski definition) is 5. The third-order valence-corrected chi connectivity index (χ3v) is 6.08. The van der Waals surface area contributed by atoms with E-state index in [0.717, 1.165) is 43.6 Å². The Morgan fingerprint density at radius 2 is 2.00 bits per heavy atom. The molecule has 29 heavy (non-hydrogen) atoms. The van der Waals surface area contributed by atoms with Gasteiger partial charge in [0, 0.05) is 55.8 Å². The molecule has 2 aromatic rings. The molecule has 2 aliphatic rings. The van der Waals surface area contributed by atoms with Crippen LogP contribution in [0.1, 0.15) is 29.6 Å². The van der Waals surface area contributed by atoms with Crippen molar-refractivity contribution >= 4 is 22.8 Å². The molecule has 0 bridgehead atoms. The summed E-state index contributed by atoms with van der Waals surface area (Å²) >= 11 is 0. The monoisotopic (exact) mass is 397 g/mol. The number of ether oxygens (including phenoxy) is 1. The second-order valence-corrected chi connectivity index (χ2v) is 7.86. The first-order valence-electron chi connectivity index (χ1n) is 10.3. The number of pyridine rings is 1. The Morgan fingerprint density at radius 3 is 2.79 bits per heavy atom. The lowest BCUT2D eigenvalue weighted by Crippen LogP contribution is -2.55. The van der Waals surface area contributed by atoms with E-state index in [9.17, 15) is 14.7 Å². The third-order valence-electron chi connectivity index (χ3n) is 6.08. The minimum Gasteiger partial charge on any atom is -0.481 e. The molecule has 2 atom stereocenters. The van der Waals surface area contributed by atoms with Crippen LogP contribution in [0.15, 0.2) is 36.5 Å². The summed E-state index contributed by atoms with van der Waals surface area (Å²) in [4.78, 5) is 33.0. The van der Waals surface area contributed by atoms with Crippen LogP contribution >= 0.6 is 0 Å². The fourth-order valence-electron chi connectivity index (χ4n) is 4.57. The first kappa shape index (κ1) is 19.8. The lowest BCUT2D eigenvalue weighted by atomic mass is 9.86. The molecule has 0 radical (unpaired) electrons. The Kier molecular flexibility index (Phi) is 6.06. The fraction of sp³-hybridized carbons (Fsp3) is 0.500. The number of amides is 1. The number of carbonyl (C=O) groups excluding carboxylic acids is 1. The summed E-state index contributed by atoms with van der Waals surface area (Å²) < 4.78 is 5.47. The first-order valence-corrected chi connectivity index (χ1v) is 10.3. The summed E-state index contributed by atoms with van der Waals surface area (Å²) in [6, 6.07) is 9.79. The molecule has 4 rings (SSSR count). The highest BCUT2D eigenvalue weighted by Gasteiger charge is 2.35. The summed E-state index contributed by atoms with van der Waals surface area (Å²) in [5.74, 6) is -0.631. The maximum Gasteiger partial charge on any atom is 0.303 e. The van der Waals surface area contributed by atoms with Crippen LogP contribution in [0.25, 0.3) is 10.9 Å². The van der Waals surface area contributed by atoms with Gasteiger partial charge in [-0.05, 0) is 37.0 Å². The van der Waals surface area contributed by atoms with E-state index in [4.69, 9.17) is 4.74 Å². The van der Waals surface area contributed by atoms with Crippen molar-refractivity contribution in [1.29, 1.82) is 0 Å². The third kappa shape index (κ3) is 4.57. The normalized spacial score (nSPS) is 23.2. The summed E-state index contributed by atoms with van der Waals surface area (Å²) in [6.07, 6.45) is 3.31. The van der Waals surface area contributed by atoms with E-state index in [1.54, 1.807) is 6.20 Å². The van der Waals surface area contributed by atoms with Crippen molar-refractivity contribution in [3.05, 3.63) is 42.1 Å². The zero-order valence-electron chi connectivity index (χ0n) is 16.5. The predicted molar refractivity (Wildman–Crippen MR) is 109 cm³/mol. The molecule has 0 spiro atoms. The smallest absolute Gasteiger partial charge is 0.303 e. The molecule has 1 aromatic carbocycles. The number of aliphatic carboxylic acids is 1. The van der Waals surface area contributed by atoms with Gasteiger partial charge in [-0.15, -0.1) is 0 Å². The van der Waals surface area contributed by atoms with Gasteiger partial charge < -0.3 is 14.7 Å². The molecule has 1 N–H and O–H groups in total. The van der Waals surface area contributed by atoms with Gasteiger partial charge in [0.1, 0.15) is 0 Å². The van der Waals surface area contributed by atoms with Crippen LogP contribution in [-0.2, 0) is 9.53 Å². The number of carboxylic acid groups (broad SMARTS) is 1. The van der Waals surface area contributed by atoms with E-state index in [-0.39, 0.29) is 18.2 Å². The molecule has 154 valence electrons. The number of carbonyl (C=O) groups is 2. The quantitative estimate of drug-likeness (QED) is 0.833. The van der Waals surface area contributed by atoms with Crippen LogP contribution in [0.2, 0.25) is 0 Å². The second-order valence-electron chi connectivity index (χ2n) is 7.86. The molecule has 2 aliphatic heterocycles. The van der Waals surface area contributed by atoms with Gasteiger partial charge in [0.15, 0.2) is 0 Å². The van der Waals surface area contributed by atoms with E-state index in [1.165, 1.54) is 0 Å². The predicted octanol–water partition coefficient (Wildman–Crippen LogP) is 2.26.